The highest BCUT2D eigenvalue weighted by Gasteiger charge is 2.10. The summed E-state index contributed by atoms with van der Waals surface area (Å²) in [4.78, 5) is 19.6. The van der Waals surface area contributed by atoms with Crippen molar-refractivity contribution in [3.63, 3.8) is 0 Å². The van der Waals surface area contributed by atoms with Gasteiger partial charge in [-0.15, -0.1) is 0 Å². The van der Waals surface area contributed by atoms with Gasteiger partial charge in [-0.3, -0.25) is 9.59 Å². The Morgan fingerprint density at radius 1 is 1.43 bits per heavy atom. The largest absolute Gasteiger partial charge is 0.395 e. The van der Waals surface area contributed by atoms with E-state index in [2.05, 4.69) is 10.1 Å². The average Bonchev–Trinajstić information content (AvgIpc) is 2.53. The maximum absolute atomic E-state index is 9.81. The summed E-state index contributed by atoms with van der Waals surface area (Å²) in [6.45, 7) is 3.76. The van der Waals surface area contributed by atoms with Crippen LogP contribution in [0.3, 0.4) is 0 Å². The summed E-state index contributed by atoms with van der Waals surface area (Å²) in [7, 11) is 0. The molecule has 2 N–H and O–H groups in total. The first-order valence-corrected chi connectivity index (χ1v) is 4.59. The lowest BCUT2D eigenvalue weighted by Gasteiger charge is -2.01. The van der Waals surface area contributed by atoms with E-state index in [0.29, 0.717) is 12.6 Å². The first kappa shape index (κ1) is 13.1. The molecule has 1 rings (SSSR count). The number of carbonyl (C=O) groups is 2. The summed E-state index contributed by atoms with van der Waals surface area (Å²) in [6, 6.07) is 0.403. The van der Waals surface area contributed by atoms with Crippen LogP contribution in [0.2, 0.25) is 0 Å². The van der Waals surface area contributed by atoms with Crippen LogP contribution in [-0.2, 0) is 14.3 Å². The summed E-state index contributed by atoms with van der Waals surface area (Å²) >= 11 is 0. The summed E-state index contributed by atoms with van der Waals surface area (Å²) in [6.07, 6.45) is 2.38. The third-order valence-corrected chi connectivity index (χ3v) is 1.67. The number of hydrogen-bond donors (Lipinski definition) is 2. The number of carbonyl (C=O) groups excluding carboxylic acids is 2. The standard InChI is InChI=1S/C5H11NO.C4H6O3/c7-4-5-2-1-3-6-5;1-3(5)7-4(2)6/h5-7H,1-4H2;1-2H3. The highest BCUT2D eigenvalue weighted by Crippen LogP contribution is 2.02. The summed E-state index contributed by atoms with van der Waals surface area (Å²) in [5.74, 6) is -1.12. The first-order chi connectivity index (χ1) is 6.56. The van der Waals surface area contributed by atoms with Crippen molar-refractivity contribution in [2.24, 2.45) is 0 Å². The quantitative estimate of drug-likeness (QED) is 0.457. The zero-order chi connectivity index (χ0) is 11.0. The van der Waals surface area contributed by atoms with Gasteiger partial charge >= 0.3 is 11.9 Å². The molecule has 0 saturated carbocycles. The molecule has 5 nitrogen and oxygen atoms in total. The molecule has 14 heavy (non-hydrogen) atoms. The Kier molecular flexibility index (Phi) is 6.96. The van der Waals surface area contributed by atoms with Crippen LogP contribution in [0.5, 0.6) is 0 Å². The Hall–Kier alpha value is -0.940. The number of nitrogens with one attached hydrogen (secondary N) is 1. The third-order valence-electron chi connectivity index (χ3n) is 1.67. The molecule has 1 atom stereocenters. The molecule has 1 fully saturated rings. The number of aliphatic hydroxyl groups excluding tert-OH is 1. The summed E-state index contributed by atoms with van der Waals surface area (Å²) in [5, 5.41) is 11.7. The molecular weight excluding hydrogens is 186 g/mol. The van der Waals surface area contributed by atoms with Crippen molar-refractivity contribution in [3.05, 3.63) is 0 Å². The predicted octanol–water partition coefficient (Wildman–Crippen LogP) is -0.173. The Morgan fingerprint density at radius 3 is 2.14 bits per heavy atom. The van der Waals surface area contributed by atoms with E-state index < -0.39 is 11.9 Å². The third kappa shape index (κ3) is 7.70. The molecule has 0 amide bonds. The minimum absolute atomic E-state index is 0.306. The van der Waals surface area contributed by atoms with E-state index in [1.54, 1.807) is 0 Å². The topological polar surface area (TPSA) is 75.6 Å². The lowest BCUT2D eigenvalue weighted by Crippen LogP contribution is -2.24. The van der Waals surface area contributed by atoms with Crippen molar-refractivity contribution < 1.29 is 19.4 Å². The van der Waals surface area contributed by atoms with Crippen molar-refractivity contribution in [1.82, 2.24) is 5.32 Å². The maximum atomic E-state index is 9.81. The number of rotatable bonds is 1. The van der Waals surface area contributed by atoms with Gasteiger partial charge in [0.1, 0.15) is 0 Å². The predicted molar refractivity (Wildman–Crippen MR) is 50.6 cm³/mol. The molecule has 0 spiro atoms. The number of aliphatic hydroxyl groups is 1. The molecule has 0 bridgehead atoms. The Morgan fingerprint density at radius 2 is 2.00 bits per heavy atom. The second kappa shape index (κ2) is 7.46. The van der Waals surface area contributed by atoms with Crippen LogP contribution < -0.4 is 5.32 Å². The van der Waals surface area contributed by atoms with Gasteiger partial charge in [-0.05, 0) is 19.4 Å². The van der Waals surface area contributed by atoms with Gasteiger partial charge in [0.2, 0.25) is 0 Å². The van der Waals surface area contributed by atoms with Crippen LogP contribution in [0.1, 0.15) is 26.7 Å². The molecule has 1 aliphatic heterocycles. The van der Waals surface area contributed by atoms with Gasteiger partial charge in [-0.25, -0.2) is 0 Å². The van der Waals surface area contributed by atoms with Crippen LogP contribution >= 0.6 is 0 Å². The van der Waals surface area contributed by atoms with Gasteiger partial charge in [-0.2, -0.15) is 0 Å². The summed E-state index contributed by atoms with van der Waals surface area (Å²) < 4.78 is 3.97. The Labute approximate surface area is 83.4 Å². The smallest absolute Gasteiger partial charge is 0.310 e. The van der Waals surface area contributed by atoms with Crippen LogP contribution in [0, 0.1) is 0 Å². The van der Waals surface area contributed by atoms with Crippen molar-refractivity contribution in [2.45, 2.75) is 32.7 Å². The van der Waals surface area contributed by atoms with Gasteiger partial charge in [0.15, 0.2) is 0 Å². The summed E-state index contributed by atoms with van der Waals surface area (Å²) in [5.41, 5.74) is 0. The molecule has 1 heterocycles. The lowest BCUT2D eigenvalue weighted by atomic mass is 10.2. The molecular formula is C9H17NO4. The van der Waals surface area contributed by atoms with Crippen LogP contribution in [0.4, 0.5) is 0 Å². The van der Waals surface area contributed by atoms with E-state index in [9.17, 15) is 9.59 Å². The van der Waals surface area contributed by atoms with Crippen molar-refractivity contribution in [3.8, 4) is 0 Å². The molecule has 1 saturated heterocycles. The van der Waals surface area contributed by atoms with Crippen molar-refractivity contribution >= 4 is 11.9 Å². The monoisotopic (exact) mass is 203 g/mol. The van der Waals surface area contributed by atoms with Gasteiger partial charge < -0.3 is 15.2 Å². The zero-order valence-corrected chi connectivity index (χ0v) is 8.58. The number of ether oxygens (including phenoxy) is 1. The molecule has 0 aliphatic carbocycles. The van der Waals surface area contributed by atoms with Gasteiger partial charge in [0.05, 0.1) is 6.61 Å². The fourth-order valence-corrected chi connectivity index (χ4v) is 1.11. The van der Waals surface area contributed by atoms with Crippen LogP contribution in [0.15, 0.2) is 0 Å². The Balaban J connectivity index is 0.000000241. The number of esters is 2. The van der Waals surface area contributed by atoms with E-state index in [4.69, 9.17) is 5.11 Å². The minimum Gasteiger partial charge on any atom is -0.395 e. The maximum Gasteiger partial charge on any atom is 0.310 e. The normalized spacial score (nSPS) is 19.5. The van der Waals surface area contributed by atoms with E-state index in [-0.39, 0.29) is 0 Å². The Bertz CT molecular complexity index is 175. The van der Waals surface area contributed by atoms with E-state index >= 15 is 0 Å². The van der Waals surface area contributed by atoms with Crippen LogP contribution in [0.25, 0.3) is 0 Å². The number of hydrogen-bond acceptors (Lipinski definition) is 5. The lowest BCUT2D eigenvalue weighted by molar-refractivity contribution is -0.156. The van der Waals surface area contributed by atoms with Gasteiger partial charge in [-0.1, -0.05) is 0 Å². The molecule has 0 radical (unpaired) electrons. The second-order valence-electron chi connectivity index (χ2n) is 3.06. The van der Waals surface area contributed by atoms with Crippen LogP contribution in [-0.4, -0.2) is 36.2 Å². The first-order valence-electron chi connectivity index (χ1n) is 4.59. The highest BCUT2D eigenvalue weighted by molar-refractivity contribution is 5.82. The average molecular weight is 203 g/mol. The minimum atomic E-state index is -0.562. The van der Waals surface area contributed by atoms with E-state index in [0.717, 1.165) is 13.0 Å². The van der Waals surface area contributed by atoms with E-state index in [1.807, 2.05) is 0 Å². The van der Waals surface area contributed by atoms with Gasteiger partial charge in [0, 0.05) is 19.9 Å². The molecule has 5 heteroatoms. The van der Waals surface area contributed by atoms with Crippen molar-refractivity contribution in [1.29, 1.82) is 0 Å². The molecule has 0 aromatic rings. The van der Waals surface area contributed by atoms with E-state index in [1.165, 1.54) is 20.3 Å². The fraction of sp³-hybridized carbons (Fsp3) is 0.778. The molecule has 0 aromatic carbocycles. The zero-order valence-electron chi connectivity index (χ0n) is 8.58. The SMILES string of the molecule is CC(=O)OC(C)=O.OCC1CCCN1. The van der Waals surface area contributed by atoms with Gasteiger partial charge in [0.25, 0.3) is 0 Å². The highest BCUT2D eigenvalue weighted by atomic mass is 16.6. The fourth-order valence-electron chi connectivity index (χ4n) is 1.11. The molecule has 0 aromatic heterocycles. The van der Waals surface area contributed by atoms with Crippen molar-refractivity contribution in [2.75, 3.05) is 13.2 Å². The molecule has 1 unspecified atom stereocenters. The second-order valence-corrected chi connectivity index (χ2v) is 3.06. The molecule has 1 aliphatic rings. The molecule has 82 valence electrons.